The van der Waals surface area contributed by atoms with E-state index in [1.54, 1.807) is 25.5 Å². The molecule has 1 amide bonds. The summed E-state index contributed by atoms with van der Waals surface area (Å²) in [5.41, 5.74) is 0.535. The third kappa shape index (κ3) is 2.78. The Hall–Kier alpha value is -2.24. The highest BCUT2D eigenvalue weighted by Gasteiger charge is 2.23. The lowest BCUT2D eigenvalue weighted by atomic mass is 9.96. The van der Waals surface area contributed by atoms with Gasteiger partial charge in [-0.15, -0.1) is 5.10 Å². The first kappa shape index (κ1) is 13.2. The van der Waals surface area contributed by atoms with Crippen molar-refractivity contribution in [2.75, 3.05) is 11.9 Å². The minimum Gasteiger partial charge on any atom is -0.307 e. The number of anilines is 1. The summed E-state index contributed by atoms with van der Waals surface area (Å²) in [7, 11) is 1.67. The molecule has 0 saturated heterocycles. The van der Waals surface area contributed by atoms with Gasteiger partial charge in [-0.1, -0.05) is 20.8 Å². The molecule has 0 fully saturated rings. The fraction of sp³-hybridized carbons (Fsp3) is 0.385. The van der Waals surface area contributed by atoms with Crippen LogP contribution in [0.2, 0.25) is 0 Å². The zero-order valence-corrected chi connectivity index (χ0v) is 11.5. The third-order valence-electron chi connectivity index (χ3n) is 2.72. The van der Waals surface area contributed by atoms with E-state index in [0.29, 0.717) is 11.5 Å². The van der Waals surface area contributed by atoms with Crippen LogP contribution in [0.1, 0.15) is 37.2 Å². The highest BCUT2D eigenvalue weighted by molar-refractivity contribution is 6.02. The molecule has 6 nitrogen and oxygen atoms in total. The van der Waals surface area contributed by atoms with Gasteiger partial charge in [-0.25, -0.2) is 4.98 Å². The maximum Gasteiger partial charge on any atom is 0.297 e. The van der Waals surface area contributed by atoms with Crippen LogP contribution < -0.4 is 4.90 Å². The second-order valence-electron chi connectivity index (χ2n) is 5.33. The molecular formula is C13H17N5O. The lowest BCUT2D eigenvalue weighted by Crippen LogP contribution is -2.27. The Kier molecular flexibility index (Phi) is 3.33. The molecule has 0 aromatic carbocycles. The SMILES string of the molecule is CN(C(=O)c1n[nH]c(C(C)(C)C)n1)c1cccnc1. The number of carbonyl (C=O) groups is 1. The highest BCUT2D eigenvalue weighted by atomic mass is 16.2. The first-order valence-electron chi connectivity index (χ1n) is 6.00. The second-order valence-corrected chi connectivity index (χ2v) is 5.33. The number of hydrogen-bond acceptors (Lipinski definition) is 4. The molecule has 0 aliphatic heterocycles. The molecule has 2 heterocycles. The summed E-state index contributed by atoms with van der Waals surface area (Å²) < 4.78 is 0. The smallest absolute Gasteiger partial charge is 0.297 e. The standard InChI is InChI=1S/C13H17N5O/c1-13(2,3)12-15-10(16-17-12)11(19)18(4)9-6-5-7-14-8-9/h5-8H,1-4H3,(H,15,16,17). The van der Waals surface area contributed by atoms with Crippen LogP contribution in [0, 0.1) is 0 Å². The molecule has 0 saturated carbocycles. The molecule has 100 valence electrons. The topological polar surface area (TPSA) is 74.8 Å². The summed E-state index contributed by atoms with van der Waals surface area (Å²) in [6.45, 7) is 6.02. The van der Waals surface area contributed by atoms with Crippen molar-refractivity contribution < 1.29 is 4.79 Å². The monoisotopic (exact) mass is 259 g/mol. The Bertz CT molecular complexity index is 570. The molecule has 6 heteroatoms. The average Bonchev–Trinajstić information content (AvgIpc) is 2.87. The van der Waals surface area contributed by atoms with E-state index in [4.69, 9.17) is 0 Å². The van der Waals surface area contributed by atoms with Crippen LogP contribution in [0.4, 0.5) is 5.69 Å². The molecule has 19 heavy (non-hydrogen) atoms. The zero-order valence-electron chi connectivity index (χ0n) is 11.5. The van der Waals surface area contributed by atoms with Crippen molar-refractivity contribution in [1.29, 1.82) is 0 Å². The van der Waals surface area contributed by atoms with Crippen molar-refractivity contribution in [1.82, 2.24) is 20.2 Å². The number of hydrogen-bond donors (Lipinski definition) is 1. The van der Waals surface area contributed by atoms with E-state index in [2.05, 4.69) is 20.2 Å². The van der Waals surface area contributed by atoms with Crippen LogP contribution in [0.3, 0.4) is 0 Å². The van der Waals surface area contributed by atoms with E-state index >= 15 is 0 Å². The summed E-state index contributed by atoms with van der Waals surface area (Å²) in [5.74, 6) is 0.589. The number of amides is 1. The maximum atomic E-state index is 12.2. The normalized spacial score (nSPS) is 11.4. The largest absolute Gasteiger partial charge is 0.307 e. The lowest BCUT2D eigenvalue weighted by Gasteiger charge is -2.15. The Morgan fingerprint density at radius 2 is 2.11 bits per heavy atom. The molecule has 2 aromatic rings. The van der Waals surface area contributed by atoms with Crippen molar-refractivity contribution in [2.45, 2.75) is 26.2 Å². The predicted molar refractivity (Wildman–Crippen MR) is 72.1 cm³/mol. The van der Waals surface area contributed by atoms with Gasteiger partial charge >= 0.3 is 0 Å². The Balaban J connectivity index is 2.23. The third-order valence-corrected chi connectivity index (χ3v) is 2.72. The van der Waals surface area contributed by atoms with Crippen molar-refractivity contribution >= 4 is 11.6 Å². The van der Waals surface area contributed by atoms with Crippen LogP contribution in [-0.2, 0) is 5.41 Å². The molecule has 0 spiro atoms. The van der Waals surface area contributed by atoms with Crippen molar-refractivity contribution in [3.63, 3.8) is 0 Å². The molecule has 2 aromatic heterocycles. The molecule has 0 aliphatic carbocycles. The van der Waals surface area contributed by atoms with Gasteiger partial charge in [0, 0.05) is 18.7 Å². The van der Waals surface area contributed by atoms with Crippen LogP contribution >= 0.6 is 0 Å². The van der Waals surface area contributed by atoms with E-state index in [0.717, 1.165) is 0 Å². The van der Waals surface area contributed by atoms with Crippen LogP contribution in [0.5, 0.6) is 0 Å². The number of nitrogens with one attached hydrogen (secondary N) is 1. The van der Waals surface area contributed by atoms with Gasteiger partial charge in [0.05, 0.1) is 11.9 Å². The Labute approximate surface area is 111 Å². The average molecular weight is 259 g/mol. The van der Waals surface area contributed by atoms with Crippen molar-refractivity contribution in [3.8, 4) is 0 Å². The number of carbonyl (C=O) groups excluding carboxylic acids is 1. The van der Waals surface area contributed by atoms with Crippen LogP contribution in [0.15, 0.2) is 24.5 Å². The number of pyridine rings is 1. The first-order valence-corrected chi connectivity index (χ1v) is 6.00. The van der Waals surface area contributed by atoms with Crippen LogP contribution in [-0.4, -0.2) is 33.1 Å². The molecule has 1 N–H and O–H groups in total. The van der Waals surface area contributed by atoms with Gasteiger partial charge in [0.15, 0.2) is 0 Å². The molecule has 0 bridgehead atoms. The van der Waals surface area contributed by atoms with Gasteiger partial charge in [0.1, 0.15) is 5.82 Å². The van der Waals surface area contributed by atoms with Gasteiger partial charge in [-0.05, 0) is 12.1 Å². The molecule has 0 unspecified atom stereocenters. The van der Waals surface area contributed by atoms with Gasteiger partial charge in [0.2, 0.25) is 5.82 Å². The molecule has 0 atom stereocenters. The van der Waals surface area contributed by atoms with E-state index in [1.807, 2.05) is 26.8 Å². The van der Waals surface area contributed by atoms with Gasteiger partial charge in [-0.2, -0.15) is 0 Å². The summed E-state index contributed by atoms with van der Waals surface area (Å²) in [6.07, 6.45) is 3.28. The van der Waals surface area contributed by atoms with E-state index < -0.39 is 0 Å². The molecule has 0 radical (unpaired) electrons. The molecule has 2 rings (SSSR count). The summed E-state index contributed by atoms with van der Waals surface area (Å²) in [6, 6.07) is 3.58. The zero-order chi connectivity index (χ0) is 14.0. The van der Waals surface area contributed by atoms with Gasteiger partial charge < -0.3 is 4.90 Å². The first-order chi connectivity index (χ1) is 8.89. The molecular weight excluding hydrogens is 242 g/mol. The Morgan fingerprint density at radius 1 is 1.37 bits per heavy atom. The quantitative estimate of drug-likeness (QED) is 0.892. The molecule has 0 aliphatic rings. The minimum atomic E-state index is -0.264. The summed E-state index contributed by atoms with van der Waals surface area (Å²) >= 11 is 0. The lowest BCUT2D eigenvalue weighted by molar-refractivity contribution is 0.0983. The fourth-order valence-corrected chi connectivity index (χ4v) is 1.51. The predicted octanol–water partition coefficient (Wildman–Crippen LogP) is 1.77. The van der Waals surface area contributed by atoms with E-state index in [1.165, 1.54) is 4.90 Å². The minimum absolute atomic E-state index is 0.163. The summed E-state index contributed by atoms with van der Waals surface area (Å²) in [4.78, 5) is 21.9. The number of H-pyrrole nitrogens is 1. The summed E-state index contributed by atoms with van der Waals surface area (Å²) in [5, 5.41) is 6.79. The Morgan fingerprint density at radius 3 is 2.63 bits per heavy atom. The highest BCUT2D eigenvalue weighted by Crippen LogP contribution is 2.18. The number of rotatable bonds is 2. The number of aromatic amines is 1. The second kappa shape index (κ2) is 4.79. The van der Waals surface area contributed by atoms with E-state index in [-0.39, 0.29) is 17.1 Å². The van der Waals surface area contributed by atoms with Gasteiger partial charge in [0.25, 0.3) is 5.91 Å². The van der Waals surface area contributed by atoms with Crippen LogP contribution in [0.25, 0.3) is 0 Å². The fourth-order valence-electron chi connectivity index (χ4n) is 1.51. The number of nitrogens with zero attached hydrogens (tertiary/aromatic N) is 4. The van der Waals surface area contributed by atoms with Gasteiger partial charge in [-0.3, -0.25) is 14.9 Å². The number of aromatic nitrogens is 4. The van der Waals surface area contributed by atoms with Crippen molar-refractivity contribution in [2.24, 2.45) is 0 Å². The van der Waals surface area contributed by atoms with Crippen molar-refractivity contribution in [3.05, 3.63) is 36.2 Å². The van der Waals surface area contributed by atoms with E-state index in [9.17, 15) is 4.79 Å². The maximum absolute atomic E-state index is 12.2.